The summed E-state index contributed by atoms with van der Waals surface area (Å²) in [6.07, 6.45) is 0.00630. The minimum Gasteiger partial charge on any atom is -0.373 e. The molecule has 6 nitrogen and oxygen atoms in total. The summed E-state index contributed by atoms with van der Waals surface area (Å²) in [6.45, 7) is 4.44. The van der Waals surface area contributed by atoms with Crippen molar-refractivity contribution in [2.75, 3.05) is 25.0 Å². The molecule has 0 unspecified atom stereocenters. The third kappa shape index (κ3) is 2.53. The Labute approximate surface area is 130 Å². The van der Waals surface area contributed by atoms with Gasteiger partial charge in [-0.05, 0) is 37.6 Å². The maximum absolute atomic E-state index is 12.8. The third-order valence-electron chi connectivity index (χ3n) is 4.15. The second kappa shape index (κ2) is 5.33. The minimum absolute atomic E-state index is 0.0156. The van der Waals surface area contributed by atoms with Gasteiger partial charge in [0.2, 0.25) is 15.9 Å². The molecule has 2 aliphatic rings. The monoisotopic (exact) mass is 324 g/mol. The van der Waals surface area contributed by atoms with Crippen LogP contribution in [-0.2, 0) is 26.0 Å². The molecule has 22 heavy (non-hydrogen) atoms. The number of nitrogens with zero attached hydrogens (tertiary/aromatic N) is 2. The first-order chi connectivity index (χ1) is 10.3. The molecule has 2 atom stereocenters. The van der Waals surface area contributed by atoms with E-state index in [-0.39, 0.29) is 29.4 Å². The predicted octanol–water partition coefficient (Wildman–Crippen LogP) is 1.00. The topological polar surface area (TPSA) is 66.9 Å². The summed E-state index contributed by atoms with van der Waals surface area (Å²) in [5.41, 5.74) is 1.55. The lowest BCUT2D eigenvalue weighted by Gasteiger charge is -2.34. The van der Waals surface area contributed by atoms with Gasteiger partial charge in [0.05, 0.1) is 23.5 Å². The second-order valence-electron chi connectivity index (χ2n) is 6.00. The van der Waals surface area contributed by atoms with Crippen molar-refractivity contribution in [1.82, 2.24) is 4.31 Å². The number of fused-ring (bicyclic) bond motifs is 1. The fourth-order valence-corrected chi connectivity index (χ4v) is 4.72. The number of anilines is 1. The molecule has 0 bridgehead atoms. The lowest BCUT2D eigenvalue weighted by molar-refractivity contribution is -0.117. The molecule has 0 aliphatic carbocycles. The normalized spacial score (nSPS) is 26.3. The zero-order valence-corrected chi connectivity index (χ0v) is 13.8. The number of carbonyl (C=O) groups is 1. The quantitative estimate of drug-likeness (QED) is 0.814. The van der Waals surface area contributed by atoms with E-state index in [9.17, 15) is 13.2 Å². The third-order valence-corrected chi connectivity index (χ3v) is 5.98. The van der Waals surface area contributed by atoms with Crippen molar-refractivity contribution >= 4 is 21.6 Å². The molecule has 1 aromatic rings. The van der Waals surface area contributed by atoms with E-state index in [0.29, 0.717) is 13.1 Å². The number of rotatable bonds is 2. The van der Waals surface area contributed by atoms with Crippen LogP contribution >= 0.6 is 0 Å². The Kier molecular flexibility index (Phi) is 3.74. The number of morpholine rings is 1. The number of amides is 1. The molecule has 0 spiro atoms. The van der Waals surface area contributed by atoms with E-state index in [1.807, 2.05) is 13.8 Å². The molecule has 0 aromatic heterocycles. The summed E-state index contributed by atoms with van der Waals surface area (Å²) >= 11 is 0. The average molecular weight is 324 g/mol. The van der Waals surface area contributed by atoms with Gasteiger partial charge in [-0.15, -0.1) is 0 Å². The lowest BCUT2D eigenvalue weighted by Crippen LogP contribution is -2.48. The second-order valence-corrected chi connectivity index (χ2v) is 7.94. The van der Waals surface area contributed by atoms with Crippen molar-refractivity contribution in [2.24, 2.45) is 0 Å². The Bertz CT molecular complexity index is 706. The molecule has 120 valence electrons. The van der Waals surface area contributed by atoms with E-state index >= 15 is 0 Å². The highest BCUT2D eigenvalue weighted by molar-refractivity contribution is 7.89. The Morgan fingerprint density at radius 3 is 2.45 bits per heavy atom. The number of carbonyl (C=O) groups excluding carboxylic acids is 1. The van der Waals surface area contributed by atoms with Gasteiger partial charge >= 0.3 is 0 Å². The molecule has 0 radical (unpaired) electrons. The van der Waals surface area contributed by atoms with E-state index in [2.05, 4.69) is 0 Å². The molecular formula is C15H20N2O4S. The maximum atomic E-state index is 12.8. The van der Waals surface area contributed by atoms with Crippen LogP contribution in [0.3, 0.4) is 0 Å². The number of hydrogen-bond acceptors (Lipinski definition) is 4. The summed E-state index contributed by atoms with van der Waals surface area (Å²) in [7, 11) is -1.86. The van der Waals surface area contributed by atoms with E-state index in [1.54, 1.807) is 30.1 Å². The number of ether oxygens (including phenoxy) is 1. The molecule has 0 N–H and O–H groups in total. The van der Waals surface area contributed by atoms with Crippen molar-refractivity contribution in [3.8, 4) is 0 Å². The minimum atomic E-state index is -3.56. The predicted molar refractivity (Wildman–Crippen MR) is 82.3 cm³/mol. The molecule has 0 saturated carbocycles. The molecule has 7 heteroatoms. The highest BCUT2D eigenvalue weighted by Crippen LogP contribution is 2.31. The van der Waals surface area contributed by atoms with Crippen molar-refractivity contribution in [1.29, 1.82) is 0 Å². The molecule has 1 aromatic carbocycles. The van der Waals surface area contributed by atoms with Crippen LogP contribution < -0.4 is 4.90 Å². The number of hydrogen-bond donors (Lipinski definition) is 0. The fraction of sp³-hybridized carbons (Fsp3) is 0.533. The van der Waals surface area contributed by atoms with Crippen LogP contribution in [0.25, 0.3) is 0 Å². The van der Waals surface area contributed by atoms with Crippen LogP contribution in [0.2, 0.25) is 0 Å². The highest BCUT2D eigenvalue weighted by atomic mass is 32.2. The summed E-state index contributed by atoms with van der Waals surface area (Å²) in [5, 5.41) is 0. The van der Waals surface area contributed by atoms with Crippen LogP contribution in [0, 0.1) is 0 Å². The summed E-state index contributed by atoms with van der Waals surface area (Å²) < 4.78 is 32.7. The van der Waals surface area contributed by atoms with Gasteiger partial charge in [-0.3, -0.25) is 4.79 Å². The number of benzene rings is 1. The summed E-state index contributed by atoms with van der Waals surface area (Å²) in [6, 6.07) is 4.91. The van der Waals surface area contributed by atoms with Crippen molar-refractivity contribution in [3.63, 3.8) is 0 Å². The molecule has 1 amide bonds. The Balaban J connectivity index is 1.94. The molecule has 2 heterocycles. The van der Waals surface area contributed by atoms with Crippen molar-refractivity contribution in [2.45, 2.75) is 37.4 Å². The molecule has 1 saturated heterocycles. The van der Waals surface area contributed by atoms with E-state index < -0.39 is 10.0 Å². The number of likely N-dealkylation sites (N-methyl/N-ethyl adjacent to an activating group) is 1. The Morgan fingerprint density at radius 1 is 1.18 bits per heavy atom. The molecule has 1 fully saturated rings. The molecule has 2 aliphatic heterocycles. The van der Waals surface area contributed by atoms with Crippen LogP contribution in [0.4, 0.5) is 5.69 Å². The van der Waals surface area contributed by atoms with E-state index in [1.165, 1.54) is 4.31 Å². The van der Waals surface area contributed by atoms with Gasteiger partial charge in [-0.2, -0.15) is 4.31 Å². The van der Waals surface area contributed by atoms with Gasteiger partial charge in [0.15, 0.2) is 0 Å². The largest absolute Gasteiger partial charge is 0.373 e. The van der Waals surface area contributed by atoms with E-state index in [0.717, 1.165) is 11.3 Å². The highest BCUT2D eigenvalue weighted by Gasteiger charge is 2.33. The van der Waals surface area contributed by atoms with Crippen LogP contribution in [0.5, 0.6) is 0 Å². The standard InChI is InChI=1S/C15H20N2O4S/c1-10-8-17(9-11(2)21-10)22(19,20)13-4-5-14-12(6-13)7-15(18)16(14)3/h4-6,10-11H,7-9H2,1-3H3/t10-,11-/m0/s1. The number of sulfonamides is 1. The van der Waals surface area contributed by atoms with Gasteiger partial charge in [0.25, 0.3) is 0 Å². The Hall–Kier alpha value is -1.44. The SMILES string of the molecule is C[C@H]1CN(S(=O)(=O)c2ccc3c(c2)CC(=O)N3C)C[C@H](C)O1. The molecular weight excluding hydrogens is 304 g/mol. The summed E-state index contributed by atoms with van der Waals surface area (Å²) in [4.78, 5) is 13.5. The van der Waals surface area contributed by atoms with Gasteiger partial charge in [0.1, 0.15) is 0 Å². The maximum Gasteiger partial charge on any atom is 0.243 e. The average Bonchev–Trinajstić information content (AvgIpc) is 2.72. The first-order valence-electron chi connectivity index (χ1n) is 7.34. The van der Waals surface area contributed by atoms with E-state index in [4.69, 9.17) is 4.74 Å². The van der Waals surface area contributed by atoms with Crippen LogP contribution in [0.1, 0.15) is 19.4 Å². The molecule has 3 rings (SSSR count). The zero-order chi connectivity index (χ0) is 16.1. The Morgan fingerprint density at radius 2 is 1.82 bits per heavy atom. The summed E-state index contributed by atoms with van der Waals surface area (Å²) in [5.74, 6) is -0.0156. The van der Waals surface area contributed by atoms with Gasteiger partial charge in [-0.1, -0.05) is 0 Å². The van der Waals surface area contributed by atoms with Gasteiger partial charge < -0.3 is 9.64 Å². The first-order valence-corrected chi connectivity index (χ1v) is 8.78. The van der Waals surface area contributed by atoms with Gasteiger partial charge in [-0.25, -0.2) is 8.42 Å². The van der Waals surface area contributed by atoms with Crippen molar-refractivity contribution < 1.29 is 17.9 Å². The zero-order valence-electron chi connectivity index (χ0n) is 12.9. The lowest BCUT2D eigenvalue weighted by atomic mass is 10.2. The smallest absolute Gasteiger partial charge is 0.243 e. The van der Waals surface area contributed by atoms with Crippen molar-refractivity contribution in [3.05, 3.63) is 23.8 Å². The first kappa shape index (κ1) is 15.5. The van der Waals surface area contributed by atoms with Crippen LogP contribution in [0.15, 0.2) is 23.1 Å². The van der Waals surface area contributed by atoms with Gasteiger partial charge in [0, 0.05) is 25.8 Å². The fourth-order valence-electron chi connectivity index (χ4n) is 3.08. The van der Waals surface area contributed by atoms with Crippen LogP contribution in [-0.4, -0.2) is 51.0 Å².